The Kier molecular flexibility index (Phi) is 4.50. The highest BCUT2D eigenvalue weighted by atomic mass is 19.4. The Balaban J connectivity index is 1.75. The number of benzene rings is 1. The van der Waals surface area contributed by atoms with Gasteiger partial charge in [0.15, 0.2) is 11.5 Å². The van der Waals surface area contributed by atoms with Gasteiger partial charge in [-0.2, -0.15) is 22.8 Å². The zero-order valence-corrected chi connectivity index (χ0v) is 15.1. The van der Waals surface area contributed by atoms with Crippen LogP contribution in [0.25, 0.3) is 16.9 Å². The zero-order chi connectivity index (χ0) is 20.6. The van der Waals surface area contributed by atoms with Crippen LogP contribution in [0.15, 0.2) is 60.9 Å². The number of imidazole rings is 1. The lowest BCUT2D eigenvalue weighted by molar-refractivity contribution is -0.137. The molecule has 1 amide bonds. The highest BCUT2D eigenvalue weighted by molar-refractivity contribution is 6.04. The maximum Gasteiger partial charge on any atom is 0.417 e. The summed E-state index contributed by atoms with van der Waals surface area (Å²) < 4.78 is 41.4. The molecule has 4 rings (SSSR count). The SMILES string of the molecule is Cc1ncccc1C(=O)Nc1cnc2ccc(-c3ccccc3C(F)(F)F)nn12. The van der Waals surface area contributed by atoms with Gasteiger partial charge in [0, 0.05) is 17.5 Å². The van der Waals surface area contributed by atoms with Crippen molar-refractivity contribution >= 4 is 17.4 Å². The number of nitrogens with zero attached hydrogens (tertiary/aromatic N) is 4. The lowest BCUT2D eigenvalue weighted by Crippen LogP contribution is -2.16. The fourth-order valence-corrected chi connectivity index (χ4v) is 2.96. The summed E-state index contributed by atoms with van der Waals surface area (Å²) in [7, 11) is 0. The monoisotopic (exact) mass is 397 g/mol. The van der Waals surface area contributed by atoms with Gasteiger partial charge < -0.3 is 5.32 Å². The predicted octanol–water partition coefficient (Wildman–Crippen LogP) is 4.37. The van der Waals surface area contributed by atoms with Crippen molar-refractivity contribution in [3.8, 4) is 11.3 Å². The highest BCUT2D eigenvalue weighted by Crippen LogP contribution is 2.36. The molecule has 0 atom stereocenters. The number of rotatable bonds is 3. The van der Waals surface area contributed by atoms with Gasteiger partial charge in [0.05, 0.1) is 23.0 Å². The lowest BCUT2D eigenvalue weighted by atomic mass is 10.0. The second-order valence-electron chi connectivity index (χ2n) is 6.27. The molecule has 29 heavy (non-hydrogen) atoms. The molecule has 0 radical (unpaired) electrons. The van der Waals surface area contributed by atoms with Gasteiger partial charge in [-0.05, 0) is 37.3 Å². The second kappa shape index (κ2) is 7.01. The number of hydrogen-bond donors (Lipinski definition) is 1. The number of alkyl halides is 3. The number of aromatic nitrogens is 4. The first kappa shape index (κ1) is 18.6. The average molecular weight is 397 g/mol. The van der Waals surface area contributed by atoms with Crippen LogP contribution < -0.4 is 5.32 Å². The van der Waals surface area contributed by atoms with Crippen molar-refractivity contribution in [1.29, 1.82) is 0 Å². The number of carbonyl (C=O) groups is 1. The van der Waals surface area contributed by atoms with Crippen LogP contribution in [-0.4, -0.2) is 25.5 Å². The van der Waals surface area contributed by atoms with Gasteiger partial charge in [0.1, 0.15) is 0 Å². The molecule has 146 valence electrons. The Labute approximate surface area is 163 Å². The number of carbonyl (C=O) groups excluding carboxylic acids is 1. The summed E-state index contributed by atoms with van der Waals surface area (Å²) in [5.74, 6) is -0.181. The number of aryl methyl sites for hydroxylation is 1. The average Bonchev–Trinajstić information content (AvgIpc) is 3.09. The van der Waals surface area contributed by atoms with Gasteiger partial charge in [0.2, 0.25) is 0 Å². The minimum atomic E-state index is -4.52. The van der Waals surface area contributed by atoms with Crippen molar-refractivity contribution in [3.63, 3.8) is 0 Å². The summed E-state index contributed by atoms with van der Waals surface area (Å²) in [6.45, 7) is 1.70. The van der Waals surface area contributed by atoms with Crippen LogP contribution >= 0.6 is 0 Å². The molecule has 9 heteroatoms. The van der Waals surface area contributed by atoms with Gasteiger partial charge in [-0.3, -0.25) is 9.78 Å². The van der Waals surface area contributed by atoms with Gasteiger partial charge in [-0.1, -0.05) is 18.2 Å². The summed E-state index contributed by atoms with van der Waals surface area (Å²) >= 11 is 0. The molecule has 0 saturated heterocycles. The van der Waals surface area contributed by atoms with E-state index in [-0.39, 0.29) is 17.1 Å². The van der Waals surface area contributed by atoms with Crippen LogP contribution in [-0.2, 0) is 6.18 Å². The molecule has 1 N–H and O–H groups in total. The van der Waals surface area contributed by atoms with Gasteiger partial charge >= 0.3 is 6.18 Å². The van der Waals surface area contributed by atoms with Crippen LogP contribution in [0.3, 0.4) is 0 Å². The van der Waals surface area contributed by atoms with Gasteiger partial charge in [-0.15, -0.1) is 0 Å². The predicted molar refractivity (Wildman–Crippen MR) is 100 cm³/mol. The van der Waals surface area contributed by atoms with Crippen molar-refractivity contribution in [2.75, 3.05) is 5.32 Å². The molecule has 0 fully saturated rings. The quantitative estimate of drug-likeness (QED) is 0.557. The summed E-state index contributed by atoms with van der Waals surface area (Å²) in [6.07, 6.45) is -1.55. The molecular formula is C20H14F3N5O. The number of anilines is 1. The molecule has 0 spiro atoms. The van der Waals surface area contributed by atoms with Crippen molar-refractivity contribution < 1.29 is 18.0 Å². The number of nitrogens with one attached hydrogen (secondary N) is 1. The molecule has 0 saturated carbocycles. The summed E-state index contributed by atoms with van der Waals surface area (Å²) in [5, 5.41) is 6.95. The van der Waals surface area contributed by atoms with E-state index in [2.05, 4.69) is 20.4 Å². The van der Waals surface area contributed by atoms with Crippen molar-refractivity contribution in [1.82, 2.24) is 19.6 Å². The molecule has 0 aliphatic rings. The lowest BCUT2D eigenvalue weighted by Gasteiger charge is -2.12. The van der Waals surface area contributed by atoms with Crippen LogP contribution in [0.4, 0.5) is 19.0 Å². The van der Waals surface area contributed by atoms with Gasteiger partial charge in [0.25, 0.3) is 5.91 Å². The van der Waals surface area contributed by atoms with E-state index < -0.39 is 17.6 Å². The third-order valence-corrected chi connectivity index (χ3v) is 4.36. The molecule has 0 bridgehead atoms. The summed E-state index contributed by atoms with van der Waals surface area (Å²) in [5.41, 5.74) is 0.569. The fraction of sp³-hybridized carbons (Fsp3) is 0.100. The molecule has 3 aromatic heterocycles. The number of halogens is 3. The first-order chi connectivity index (χ1) is 13.8. The maximum atomic E-state index is 13.4. The topological polar surface area (TPSA) is 72.2 Å². The van der Waals surface area contributed by atoms with Crippen LogP contribution in [0.2, 0.25) is 0 Å². The van der Waals surface area contributed by atoms with E-state index in [1.54, 1.807) is 31.3 Å². The molecule has 3 heterocycles. The summed E-state index contributed by atoms with van der Waals surface area (Å²) in [4.78, 5) is 20.8. The normalized spacial score (nSPS) is 11.6. The third kappa shape index (κ3) is 3.54. The largest absolute Gasteiger partial charge is 0.417 e. The van der Waals surface area contributed by atoms with Crippen LogP contribution in [0.1, 0.15) is 21.6 Å². The molecule has 0 aliphatic heterocycles. The second-order valence-corrected chi connectivity index (χ2v) is 6.27. The Hall–Kier alpha value is -3.75. The fourth-order valence-electron chi connectivity index (χ4n) is 2.96. The standard InChI is InChI=1S/C20H14F3N5O/c1-12-13(6-4-10-24-12)19(29)26-18-11-25-17-9-8-16(27-28(17)18)14-5-2-3-7-15(14)20(21,22)23/h2-11H,1H3,(H,26,29). The highest BCUT2D eigenvalue weighted by Gasteiger charge is 2.33. The first-order valence-electron chi connectivity index (χ1n) is 8.59. The maximum absolute atomic E-state index is 13.4. The smallest absolute Gasteiger partial charge is 0.305 e. The van der Waals surface area contributed by atoms with E-state index in [0.29, 0.717) is 16.9 Å². The summed E-state index contributed by atoms with van der Waals surface area (Å²) in [6, 6.07) is 11.5. The van der Waals surface area contributed by atoms with E-state index in [1.807, 2.05) is 0 Å². The Morgan fingerprint density at radius 2 is 1.83 bits per heavy atom. The van der Waals surface area contributed by atoms with Gasteiger partial charge in [-0.25, -0.2) is 4.98 Å². The zero-order valence-electron chi connectivity index (χ0n) is 15.1. The van der Waals surface area contributed by atoms with Crippen LogP contribution in [0, 0.1) is 6.92 Å². The minimum Gasteiger partial charge on any atom is -0.305 e. The Bertz CT molecular complexity index is 1220. The van der Waals surface area contributed by atoms with E-state index in [9.17, 15) is 18.0 Å². The third-order valence-electron chi connectivity index (χ3n) is 4.36. The first-order valence-corrected chi connectivity index (χ1v) is 8.59. The number of hydrogen-bond acceptors (Lipinski definition) is 4. The molecule has 6 nitrogen and oxygen atoms in total. The molecular weight excluding hydrogens is 383 g/mol. The van der Waals surface area contributed by atoms with E-state index >= 15 is 0 Å². The Morgan fingerprint density at radius 1 is 1.03 bits per heavy atom. The van der Waals surface area contributed by atoms with Crippen molar-refractivity contribution in [3.05, 3.63) is 77.7 Å². The molecule has 4 aromatic rings. The molecule has 1 aromatic carbocycles. The Morgan fingerprint density at radius 3 is 2.59 bits per heavy atom. The number of fused-ring (bicyclic) bond motifs is 1. The minimum absolute atomic E-state index is 0.0593. The van der Waals surface area contributed by atoms with E-state index in [0.717, 1.165) is 6.07 Å². The van der Waals surface area contributed by atoms with E-state index in [1.165, 1.54) is 35.0 Å². The number of pyridine rings is 1. The van der Waals surface area contributed by atoms with Crippen molar-refractivity contribution in [2.24, 2.45) is 0 Å². The molecule has 0 unspecified atom stereocenters. The molecule has 0 aliphatic carbocycles. The van der Waals surface area contributed by atoms with Crippen molar-refractivity contribution in [2.45, 2.75) is 13.1 Å². The number of amides is 1. The van der Waals surface area contributed by atoms with Crippen LogP contribution in [0.5, 0.6) is 0 Å². The van der Waals surface area contributed by atoms with E-state index in [4.69, 9.17) is 0 Å².